The number of carbonyl (C=O) groups is 1. The molecule has 24 heavy (non-hydrogen) atoms. The number of pyridine rings is 1. The molecule has 0 aliphatic carbocycles. The van der Waals surface area contributed by atoms with Crippen LogP contribution in [0, 0.1) is 18.8 Å². The monoisotopic (exact) mass is 392 g/mol. The van der Waals surface area contributed by atoms with Crippen LogP contribution >= 0.6 is 15.9 Å². The molecule has 0 fully saturated rings. The van der Waals surface area contributed by atoms with E-state index in [-0.39, 0.29) is 6.54 Å². The first-order valence-corrected chi connectivity index (χ1v) is 8.70. The van der Waals surface area contributed by atoms with Crippen LogP contribution in [-0.4, -0.2) is 27.0 Å². The Bertz CT molecular complexity index is 789. The number of aryl methyl sites for hydroxylation is 1. The number of amides is 1. The summed E-state index contributed by atoms with van der Waals surface area (Å²) >= 11 is 3.49. The molecule has 0 aliphatic rings. The first-order valence-electron chi connectivity index (χ1n) is 7.90. The Morgan fingerprint density at radius 1 is 1.46 bits per heavy atom. The van der Waals surface area contributed by atoms with Crippen molar-refractivity contribution in [3.63, 3.8) is 0 Å². The van der Waals surface area contributed by atoms with Crippen LogP contribution in [0.4, 0.5) is 5.82 Å². The minimum atomic E-state index is -0.535. The van der Waals surface area contributed by atoms with Gasteiger partial charge in [0.1, 0.15) is 11.3 Å². The van der Waals surface area contributed by atoms with Gasteiger partial charge >= 0.3 is 0 Å². The minimum absolute atomic E-state index is 0.0783. The normalized spacial score (nSPS) is 10.3. The number of fused-ring (bicyclic) bond motifs is 1. The molecule has 0 saturated heterocycles. The Morgan fingerprint density at radius 2 is 2.25 bits per heavy atom. The van der Waals surface area contributed by atoms with E-state index in [2.05, 4.69) is 45.0 Å². The predicted molar refractivity (Wildman–Crippen MR) is 97.1 cm³/mol. The first kappa shape index (κ1) is 18.3. The fraction of sp³-hybridized carbons (Fsp3) is 0.412. The number of nitrogens with one attached hydrogen (secondary N) is 2. The molecule has 0 radical (unpaired) electrons. The molecule has 7 heteroatoms. The van der Waals surface area contributed by atoms with E-state index in [1.807, 2.05) is 23.6 Å². The van der Waals surface area contributed by atoms with Crippen LogP contribution in [0.3, 0.4) is 0 Å². The molecule has 2 aromatic rings. The highest BCUT2D eigenvalue weighted by molar-refractivity contribution is 9.10. The predicted octanol–water partition coefficient (Wildman–Crippen LogP) is 3.25. The number of hydroxylamine groups is 1. The summed E-state index contributed by atoms with van der Waals surface area (Å²) in [5.41, 5.74) is 4.08. The molecule has 1 amide bonds. The van der Waals surface area contributed by atoms with Crippen LogP contribution in [0.2, 0.25) is 0 Å². The van der Waals surface area contributed by atoms with E-state index >= 15 is 0 Å². The number of carbonyl (C=O) groups excluding carboxylic acids is 1. The van der Waals surface area contributed by atoms with Gasteiger partial charge in [0, 0.05) is 17.1 Å². The van der Waals surface area contributed by atoms with Crippen LogP contribution in [0.25, 0.3) is 5.65 Å². The first-order chi connectivity index (χ1) is 11.6. The third-order valence-corrected chi connectivity index (χ3v) is 3.96. The zero-order valence-electron chi connectivity index (χ0n) is 13.8. The second kappa shape index (κ2) is 8.71. The summed E-state index contributed by atoms with van der Waals surface area (Å²) in [6.07, 6.45) is 6.12. The van der Waals surface area contributed by atoms with Crippen LogP contribution < -0.4 is 10.8 Å². The topological polar surface area (TPSA) is 78.7 Å². The van der Waals surface area contributed by atoms with E-state index < -0.39 is 5.91 Å². The maximum absolute atomic E-state index is 11.3. The molecule has 2 aromatic heterocycles. The van der Waals surface area contributed by atoms with Gasteiger partial charge in [-0.1, -0.05) is 25.7 Å². The van der Waals surface area contributed by atoms with Gasteiger partial charge in [0.2, 0.25) is 0 Å². The maximum Gasteiger partial charge on any atom is 0.262 e. The van der Waals surface area contributed by atoms with Crippen LogP contribution in [-0.2, 0) is 4.79 Å². The highest BCUT2D eigenvalue weighted by Crippen LogP contribution is 2.23. The zero-order chi connectivity index (χ0) is 17.5. The summed E-state index contributed by atoms with van der Waals surface area (Å²) in [5, 5.41) is 11.6. The van der Waals surface area contributed by atoms with Crippen molar-refractivity contribution in [3.05, 3.63) is 28.0 Å². The summed E-state index contributed by atoms with van der Waals surface area (Å²) in [5.74, 6) is 6.34. The molecular weight excluding hydrogens is 372 g/mol. The minimum Gasteiger partial charge on any atom is -0.359 e. The van der Waals surface area contributed by atoms with Gasteiger partial charge in [-0.25, -0.2) is 10.5 Å². The third kappa shape index (κ3) is 4.49. The number of halogens is 1. The molecule has 6 nitrogen and oxygen atoms in total. The molecule has 128 valence electrons. The summed E-state index contributed by atoms with van der Waals surface area (Å²) in [6.45, 7) is 4.05. The summed E-state index contributed by atoms with van der Waals surface area (Å²) in [4.78, 5) is 15.8. The van der Waals surface area contributed by atoms with Gasteiger partial charge in [0.15, 0.2) is 5.82 Å². The molecule has 0 bridgehead atoms. The highest BCUT2D eigenvalue weighted by Gasteiger charge is 2.13. The molecule has 3 N–H and O–H groups in total. The van der Waals surface area contributed by atoms with E-state index in [9.17, 15) is 4.79 Å². The Labute approximate surface area is 149 Å². The number of aromatic nitrogens is 2. The van der Waals surface area contributed by atoms with Crippen molar-refractivity contribution in [1.29, 1.82) is 0 Å². The molecule has 0 aliphatic heterocycles. The van der Waals surface area contributed by atoms with Crippen molar-refractivity contribution in [3.8, 4) is 11.8 Å². The molecule has 0 spiro atoms. The van der Waals surface area contributed by atoms with E-state index in [1.165, 1.54) is 0 Å². The number of imidazole rings is 1. The van der Waals surface area contributed by atoms with Crippen molar-refractivity contribution in [2.75, 3.05) is 11.9 Å². The molecule has 2 rings (SSSR count). The lowest BCUT2D eigenvalue weighted by molar-refractivity contribution is -0.127. The summed E-state index contributed by atoms with van der Waals surface area (Å²) in [6, 6.07) is 1.98. The standard InChI is InChI=1S/C17H21BrN4O2/c1-3-4-5-6-7-8-14-16(19-10-15(23)21-24)20-17-12(2)9-13(18)11-22(14)17/h9,11,19,24H,3-6,10H2,1-2H3,(H,21,23). The van der Waals surface area contributed by atoms with Crippen LogP contribution in [0.1, 0.15) is 43.9 Å². The zero-order valence-corrected chi connectivity index (χ0v) is 15.4. The average molecular weight is 393 g/mol. The molecule has 0 aromatic carbocycles. The number of nitrogens with zero attached hydrogens (tertiary/aromatic N) is 2. The average Bonchev–Trinajstić information content (AvgIpc) is 2.90. The van der Waals surface area contributed by atoms with Gasteiger partial charge in [-0.2, -0.15) is 0 Å². The SMILES string of the molecule is CCCCCC#Cc1c(NCC(=O)NO)nc2c(C)cc(Br)cn12. The van der Waals surface area contributed by atoms with Crippen molar-refractivity contribution >= 4 is 33.3 Å². The number of unbranched alkanes of at least 4 members (excludes halogenated alkanes) is 3. The smallest absolute Gasteiger partial charge is 0.262 e. The number of hydrogen-bond donors (Lipinski definition) is 3. The van der Waals surface area contributed by atoms with Crippen molar-refractivity contribution in [1.82, 2.24) is 14.9 Å². The second-order valence-corrected chi connectivity index (χ2v) is 6.41. The van der Waals surface area contributed by atoms with Crippen LogP contribution in [0.15, 0.2) is 16.7 Å². The van der Waals surface area contributed by atoms with E-state index in [0.717, 1.165) is 41.4 Å². The van der Waals surface area contributed by atoms with Gasteiger partial charge in [-0.3, -0.25) is 14.4 Å². The summed E-state index contributed by atoms with van der Waals surface area (Å²) in [7, 11) is 0. The number of hydrogen-bond acceptors (Lipinski definition) is 4. The lowest BCUT2D eigenvalue weighted by Gasteiger charge is -2.02. The Morgan fingerprint density at radius 3 is 2.96 bits per heavy atom. The van der Waals surface area contributed by atoms with Gasteiger partial charge in [-0.15, -0.1) is 0 Å². The molecule has 2 heterocycles. The third-order valence-electron chi connectivity index (χ3n) is 3.52. The number of anilines is 1. The molecule has 0 unspecified atom stereocenters. The summed E-state index contributed by atoms with van der Waals surface area (Å²) < 4.78 is 2.84. The Hall–Kier alpha value is -2.04. The van der Waals surface area contributed by atoms with Crippen LogP contribution in [0.5, 0.6) is 0 Å². The fourth-order valence-electron chi connectivity index (χ4n) is 2.32. The Balaban J connectivity index is 2.37. The lowest BCUT2D eigenvalue weighted by atomic mass is 10.2. The lowest BCUT2D eigenvalue weighted by Crippen LogP contribution is -2.27. The maximum atomic E-state index is 11.3. The van der Waals surface area contributed by atoms with E-state index in [1.54, 1.807) is 5.48 Å². The van der Waals surface area contributed by atoms with Gasteiger partial charge in [0.05, 0.1) is 6.54 Å². The van der Waals surface area contributed by atoms with Crippen molar-refractivity contribution in [2.24, 2.45) is 0 Å². The van der Waals surface area contributed by atoms with Crippen molar-refractivity contribution in [2.45, 2.75) is 39.5 Å². The largest absolute Gasteiger partial charge is 0.359 e. The molecular formula is C17H21BrN4O2. The fourth-order valence-corrected chi connectivity index (χ4v) is 2.87. The van der Waals surface area contributed by atoms with E-state index in [4.69, 9.17) is 5.21 Å². The van der Waals surface area contributed by atoms with Crippen molar-refractivity contribution < 1.29 is 10.0 Å². The molecule has 0 atom stereocenters. The van der Waals surface area contributed by atoms with Gasteiger partial charge < -0.3 is 5.32 Å². The highest BCUT2D eigenvalue weighted by atomic mass is 79.9. The second-order valence-electron chi connectivity index (χ2n) is 5.49. The molecule has 0 saturated carbocycles. The van der Waals surface area contributed by atoms with Gasteiger partial charge in [-0.05, 0) is 46.8 Å². The van der Waals surface area contributed by atoms with Gasteiger partial charge in [0.25, 0.3) is 5.91 Å². The quantitative estimate of drug-likeness (QED) is 0.305. The van der Waals surface area contributed by atoms with E-state index in [0.29, 0.717) is 11.5 Å². The Kier molecular flexibility index (Phi) is 6.64. The number of rotatable bonds is 6.